The summed E-state index contributed by atoms with van der Waals surface area (Å²) < 4.78 is 13.7. The van der Waals surface area contributed by atoms with Gasteiger partial charge in [-0.05, 0) is 43.7 Å². The Bertz CT molecular complexity index is 1210. The predicted octanol–water partition coefficient (Wildman–Crippen LogP) is 5.47. The van der Waals surface area contributed by atoms with Gasteiger partial charge in [0.15, 0.2) is 5.82 Å². The van der Waals surface area contributed by atoms with Gasteiger partial charge in [-0.2, -0.15) is 4.98 Å². The van der Waals surface area contributed by atoms with E-state index < -0.39 is 7.14 Å². The lowest BCUT2D eigenvalue weighted by Crippen LogP contribution is -2.10. The lowest BCUT2D eigenvalue weighted by Gasteiger charge is -2.15. The summed E-state index contributed by atoms with van der Waals surface area (Å²) in [5.74, 6) is 0.850. The summed E-state index contributed by atoms with van der Waals surface area (Å²) in [6.45, 7) is 3.47. The summed E-state index contributed by atoms with van der Waals surface area (Å²) in [5, 5.41) is 7.50. The third-order valence-corrected chi connectivity index (χ3v) is 6.69. The molecule has 0 saturated heterocycles. The van der Waals surface area contributed by atoms with Crippen LogP contribution in [0.3, 0.4) is 0 Å². The molecular formula is C19H17ClN5OPS. The minimum atomic E-state index is -2.46. The lowest BCUT2D eigenvalue weighted by molar-refractivity contribution is 0.588. The van der Waals surface area contributed by atoms with E-state index in [1.165, 1.54) is 6.20 Å². The number of hydrogen-bond acceptors (Lipinski definition) is 7. The molecule has 0 radical (unpaired) electrons. The van der Waals surface area contributed by atoms with Crippen LogP contribution >= 0.6 is 30.1 Å². The molecule has 4 aromatic rings. The van der Waals surface area contributed by atoms with Crippen LogP contribution in [0.4, 0.5) is 23.1 Å². The molecule has 2 heterocycles. The van der Waals surface area contributed by atoms with Gasteiger partial charge in [-0.1, -0.05) is 23.7 Å². The molecule has 2 N–H and O–H groups in total. The molecule has 0 amide bonds. The third-order valence-electron chi connectivity index (χ3n) is 4.07. The van der Waals surface area contributed by atoms with Crippen molar-refractivity contribution in [1.82, 2.24) is 15.0 Å². The first-order valence-electron chi connectivity index (χ1n) is 8.44. The van der Waals surface area contributed by atoms with E-state index in [0.717, 1.165) is 21.2 Å². The number of aromatic nitrogens is 3. The first-order valence-corrected chi connectivity index (χ1v) is 12.3. The van der Waals surface area contributed by atoms with E-state index in [1.807, 2.05) is 48.0 Å². The van der Waals surface area contributed by atoms with Crippen LogP contribution < -0.4 is 15.9 Å². The second kappa shape index (κ2) is 7.51. The summed E-state index contributed by atoms with van der Waals surface area (Å²) >= 11 is 7.86. The Labute approximate surface area is 171 Å². The fourth-order valence-electron chi connectivity index (χ4n) is 2.75. The van der Waals surface area contributed by atoms with Crippen LogP contribution in [0, 0.1) is 0 Å². The molecular weight excluding hydrogens is 413 g/mol. The molecule has 9 heteroatoms. The molecule has 0 saturated carbocycles. The number of para-hydroxylation sites is 1. The molecule has 0 aliphatic heterocycles. The Hall–Kier alpha value is -2.47. The molecule has 0 spiro atoms. The monoisotopic (exact) mass is 429 g/mol. The Morgan fingerprint density at radius 1 is 1.07 bits per heavy atom. The zero-order chi connectivity index (χ0) is 19.7. The summed E-state index contributed by atoms with van der Waals surface area (Å²) in [6.07, 6.45) is 1.53. The maximum absolute atomic E-state index is 12.6. The van der Waals surface area contributed by atoms with E-state index in [4.69, 9.17) is 11.6 Å². The molecule has 4 rings (SSSR count). The molecule has 0 unspecified atom stereocenters. The minimum absolute atomic E-state index is 0.375. The van der Waals surface area contributed by atoms with Crippen LogP contribution in [-0.4, -0.2) is 28.3 Å². The normalized spacial score (nSPS) is 11.5. The highest BCUT2D eigenvalue weighted by molar-refractivity contribution is 7.70. The Morgan fingerprint density at radius 2 is 1.89 bits per heavy atom. The highest BCUT2D eigenvalue weighted by atomic mass is 35.5. The standard InChI is InChI=1S/C19H17ClN5OPS/c1-27(2,26)16-6-4-3-5-14(16)24-18-13(20)10-21-19(25-18)23-12-7-8-15-17(9-12)28-11-22-15/h3-11H,1-2H3,(H2,21,23,24,25). The maximum Gasteiger partial charge on any atom is 0.229 e. The molecule has 0 fully saturated rings. The van der Waals surface area contributed by atoms with Gasteiger partial charge >= 0.3 is 0 Å². The van der Waals surface area contributed by atoms with Gasteiger partial charge in [0.25, 0.3) is 0 Å². The van der Waals surface area contributed by atoms with Gasteiger partial charge in [0.1, 0.15) is 12.2 Å². The van der Waals surface area contributed by atoms with Gasteiger partial charge in [-0.3, -0.25) is 0 Å². The Morgan fingerprint density at radius 3 is 2.71 bits per heavy atom. The van der Waals surface area contributed by atoms with Crippen LogP contribution in [-0.2, 0) is 4.57 Å². The van der Waals surface area contributed by atoms with Crippen LogP contribution in [0.5, 0.6) is 0 Å². The van der Waals surface area contributed by atoms with Crippen molar-refractivity contribution >= 4 is 68.7 Å². The summed E-state index contributed by atoms with van der Waals surface area (Å²) in [7, 11) is -2.46. The van der Waals surface area contributed by atoms with Gasteiger partial charge in [-0.25, -0.2) is 9.97 Å². The number of hydrogen-bond donors (Lipinski definition) is 2. The molecule has 0 bridgehead atoms. The summed E-state index contributed by atoms with van der Waals surface area (Å²) in [4.78, 5) is 13.0. The van der Waals surface area contributed by atoms with Crippen molar-refractivity contribution in [3.8, 4) is 0 Å². The van der Waals surface area contributed by atoms with Crippen LogP contribution in [0.2, 0.25) is 5.02 Å². The molecule has 142 valence electrons. The van der Waals surface area contributed by atoms with Crippen molar-refractivity contribution in [2.24, 2.45) is 0 Å². The van der Waals surface area contributed by atoms with Gasteiger partial charge in [-0.15, -0.1) is 11.3 Å². The number of anilines is 4. The predicted molar refractivity (Wildman–Crippen MR) is 119 cm³/mol. The van der Waals surface area contributed by atoms with Crippen molar-refractivity contribution in [2.75, 3.05) is 24.0 Å². The number of nitrogens with zero attached hydrogens (tertiary/aromatic N) is 3. The van der Waals surface area contributed by atoms with E-state index in [1.54, 1.807) is 24.7 Å². The van der Waals surface area contributed by atoms with E-state index >= 15 is 0 Å². The Balaban J connectivity index is 1.64. The SMILES string of the molecule is CP(C)(=O)c1ccccc1Nc1nc(Nc2ccc3ncsc3c2)ncc1Cl. The molecule has 0 aliphatic carbocycles. The first-order chi connectivity index (χ1) is 13.4. The number of fused-ring (bicyclic) bond motifs is 1. The van der Waals surface area contributed by atoms with Crippen LogP contribution in [0.15, 0.2) is 54.2 Å². The topological polar surface area (TPSA) is 79.8 Å². The largest absolute Gasteiger partial charge is 0.338 e. The van der Waals surface area contributed by atoms with Gasteiger partial charge in [0, 0.05) is 11.0 Å². The zero-order valence-corrected chi connectivity index (χ0v) is 17.6. The van der Waals surface area contributed by atoms with Crippen molar-refractivity contribution in [3.63, 3.8) is 0 Å². The van der Waals surface area contributed by atoms with E-state index in [0.29, 0.717) is 22.5 Å². The third kappa shape index (κ3) is 4.02. The summed E-state index contributed by atoms with van der Waals surface area (Å²) in [6, 6.07) is 13.3. The Kier molecular flexibility index (Phi) is 5.06. The van der Waals surface area contributed by atoms with Crippen molar-refractivity contribution < 1.29 is 4.57 Å². The van der Waals surface area contributed by atoms with Crippen LogP contribution in [0.1, 0.15) is 0 Å². The molecule has 28 heavy (non-hydrogen) atoms. The first kappa shape index (κ1) is 18.9. The van der Waals surface area contributed by atoms with E-state index in [-0.39, 0.29) is 0 Å². The van der Waals surface area contributed by atoms with Crippen LogP contribution in [0.25, 0.3) is 10.2 Å². The van der Waals surface area contributed by atoms with E-state index in [9.17, 15) is 4.57 Å². The molecule has 0 aliphatic rings. The van der Waals surface area contributed by atoms with Gasteiger partial charge < -0.3 is 15.2 Å². The minimum Gasteiger partial charge on any atom is -0.338 e. The molecule has 2 aromatic carbocycles. The van der Waals surface area contributed by atoms with Gasteiger partial charge in [0.2, 0.25) is 5.95 Å². The zero-order valence-electron chi connectivity index (χ0n) is 15.2. The highest BCUT2D eigenvalue weighted by Gasteiger charge is 2.17. The number of halogens is 1. The molecule has 6 nitrogen and oxygen atoms in total. The van der Waals surface area contributed by atoms with Crippen molar-refractivity contribution in [2.45, 2.75) is 0 Å². The molecule has 2 aromatic heterocycles. The van der Waals surface area contributed by atoms with E-state index in [2.05, 4.69) is 25.6 Å². The lowest BCUT2D eigenvalue weighted by atomic mass is 10.3. The highest BCUT2D eigenvalue weighted by Crippen LogP contribution is 2.38. The summed E-state index contributed by atoms with van der Waals surface area (Å²) in [5.41, 5.74) is 4.34. The average Bonchev–Trinajstić information content (AvgIpc) is 3.12. The number of benzene rings is 2. The second-order valence-electron chi connectivity index (χ2n) is 6.54. The maximum atomic E-state index is 12.6. The number of thiazole rings is 1. The number of nitrogens with one attached hydrogen (secondary N) is 2. The smallest absolute Gasteiger partial charge is 0.229 e. The average molecular weight is 430 g/mol. The number of rotatable bonds is 5. The quantitative estimate of drug-likeness (QED) is 0.409. The fraction of sp³-hybridized carbons (Fsp3) is 0.105. The second-order valence-corrected chi connectivity index (χ2v) is 11.0. The molecule has 0 atom stereocenters. The van der Waals surface area contributed by atoms with Gasteiger partial charge in [0.05, 0.1) is 27.6 Å². The van der Waals surface area contributed by atoms with Crippen molar-refractivity contribution in [3.05, 3.63) is 59.2 Å². The van der Waals surface area contributed by atoms with Crippen molar-refractivity contribution in [1.29, 1.82) is 0 Å². The fourth-order valence-corrected chi connectivity index (χ4v) is 4.76.